The van der Waals surface area contributed by atoms with Crippen LogP contribution in [-0.2, 0) is 0 Å². The first kappa shape index (κ1) is 15.4. The summed E-state index contributed by atoms with van der Waals surface area (Å²) in [6.07, 6.45) is 1.76. The van der Waals surface area contributed by atoms with E-state index in [1.165, 1.54) is 0 Å². The number of fused-ring (bicyclic) bond motifs is 3. The molecule has 1 N–H and O–H groups in total. The lowest BCUT2D eigenvalue weighted by Crippen LogP contribution is -1.90. The highest BCUT2D eigenvalue weighted by Gasteiger charge is 2.15. The van der Waals surface area contributed by atoms with Gasteiger partial charge in [-0.3, -0.25) is 10.1 Å². The molecule has 2 heterocycles. The molecule has 25 heavy (non-hydrogen) atoms. The van der Waals surface area contributed by atoms with Gasteiger partial charge in [-0.2, -0.15) is 10.4 Å². The molecule has 5 nitrogen and oxygen atoms in total. The molecule has 0 aliphatic rings. The second kappa shape index (κ2) is 5.76. The fraction of sp³-hybridized carbons (Fsp3) is 0.105. The Hall–Kier alpha value is -3.10. The van der Waals surface area contributed by atoms with Gasteiger partial charge in [0.05, 0.1) is 34.9 Å². The van der Waals surface area contributed by atoms with Crippen LogP contribution >= 0.6 is 11.6 Å². The summed E-state index contributed by atoms with van der Waals surface area (Å²) in [5, 5.41) is 18.9. The summed E-state index contributed by atoms with van der Waals surface area (Å²) >= 11 is 6.19. The number of nitrogens with one attached hydrogen (secondary N) is 1. The molecule has 4 rings (SSSR count). The Bertz CT molecular complexity index is 1170. The van der Waals surface area contributed by atoms with Crippen molar-refractivity contribution < 1.29 is 4.74 Å². The first-order valence-electron chi connectivity index (χ1n) is 7.64. The SMILES string of the molecule is COc1cc2ncc3[nH]nc(-c4ccc(C#N)c(Cl)c4)c3c2cc1C. The quantitative estimate of drug-likeness (QED) is 0.573. The fourth-order valence-corrected chi connectivity index (χ4v) is 3.24. The number of aryl methyl sites for hydroxylation is 1. The van der Waals surface area contributed by atoms with E-state index in [2.05, 4.69) is 21.3 Å². The molecule has 0 aliphatic heterocycles. The lowest BCUT2D eigenvalue weighted by Gasteiger charge is -2.08. The van der Waals surface area contributed by atoms with Crippen molar-refractivity contribution in [1.29, 1.82) is 5.26 Å². The molecule has 0 saturated heterocycles. The highest BCUT2D eigenvalue weighted by molar-refractivity contribution is 6.32. The van der Waals surface area contributed by atoms with Gasteiger partial charge >= 0.3 is 0 Å². The first-order chi connectivity index (χ1) is 12.1. The third-order valence-corrected chi connectivity index (χ3v) is 4.59. The minimum atomic E-state index is 0.410. The van der Waals surface area contributed by atoms with E-state index in [9.17, 15) is 0 Å². The van der Waals surface area contributed by atoms with Crippen LogP contribution < -0.4 is 4.74 Å². The highest BCUT2D eigenvalue weighted by atomic mass is 35.5. The van der Waals surface area contributed by atoms with Crippen molar-refractivity contribution in [2.45, 2.75) is 6.92 Å². The Balaban J connectivity index is 2.04. The van der Waals surface area contributed by atoms with Gasteiger partial charge in [-0.1, -0.05) is 17.7 Å². The van der Waals surface area contributed by atoms with E-state index in [-0.39, 0.29) is 0 Å². The summed E-state index contributed by atoms with van der Waals surface area (Å²) in [6.45, 7) is 2.00. The van der Waals surface area contributed by atoms with Gasteiger partial charge in [-0.15, -0.1) is 0 Å². The van der Waals surface area contributed by atoms with Crippen molar-refractivity contribution in [3.05, 3.63) is 52.7 Å². The van der Waals surface area contributed by atoms with Crippen LogP contribution in [0.25, 0.3) is 33.1 Å². The van der Waals surface area contributed by atoms with E-state index in [1.54, 1.807) is 25.4 Å². The largest absolute Gasteiger partial charge is 0.496 e. The molecule has 2 aromatic heterocycles. The lowest BCUT2D eigenvalue weighted by atomic mass is 10.0. The number of ether oxygens (including phenoxy) is 1. The first-order valence-corrected chi connectivity index (χ1v) is 8.01. The number of methoxy groups -OCH3 is 1. The number of H-pyrrole nitrogens is 1. The zero-order valence-corrected chi connectivity index (χ0v) is 14.3. The monoisotopic (exact) mass is 348 g/mol. The van der Waals surface area contributed by atoms with Crippen LogP contribution in [0.4, 0.5) is 0 Å². The van der Waals surface area contributed by atoms with E-state index in [4.69, 9.17) is 21.6 Å². The number of benzene rings is 2. The standard InChI is InChI=1S/C19H13ClN4O/c1-10-5-13-15(7-17(10)25-2)22-9-16-18(13)19(24-23-16)11-3-4-12(8-21)14(20)6-11/h3-7,9H,1-2H3,(H,23,24). The highest BCUT2D eigenvalue weighted by Crippen LogP contribution is 2.35. The molecule has 0 radical (unpaired) electrons. The molecule has 0 amide bonds. The maximum absolute atomic E-state index is 9.06. The second-order valence-corrected chi connectivity index (χ2v) is 6.17. The van der Waals surface area contributed by atoms with E-state index in [0.29, 0.717) is 10.6 Å². The Morgan fingerprint density at radius 2 is 2.08 bits per heavy atom. The van der Waals surface area contributed by atoms with Crippen LogP contribution in [0.5, 0.6) is 5.75 Å². The summed E-state index contributed by atoms with van der Waals surface area (Å²) in [4.78, 5) is 4.49. The van der Waals surface area contributed by atoms with E-state index < -0.39 is 0 Å². The molecule has 122 valence electrons. The molecule has 0 atom stereocenters. The zero-order chi connectivity index (χ0) is 17.6. The summed E-state index contributed by atoms with van der Waals surface area (Å²) in [5.41, 5.74) is 4.76. The van der Waals surface area contributed by atoms with E-state index in [1.807, 2.05) is 25.1 Å². The lowest BCUT2D eigenvalue weighted by molar-refractivity contribution is 0.412. The molecule has 0 spiro atoms. The van der Waals surface area contributed by atoms with Crippen molar-refractivity contribution in [2.24, 2.45) is 0 Å². The topological polar surface area (TPSA) is 74.6 Å². The number of pyridine rings is 1. The molecule has 0 aliphatic carbocycles. The smallest absolute Gasteiger partial charge is 0.123 e. The van der Waals surface area contributed by atoms with Crippen molar-refractivity contribution in [3.63, 3.8) is 0 Å². The number of rotatable bonds is 2. The molecule has 0 unspecified atom stereocenters. The van der Waals surface area contributed by atoms with Crippen LogP contribution in [0.15, 0.2) is 36.5 Å². The van der Waals surface area contributed by atoms with Crippen molar-refractivity contribution in [2.75, 3.05) is 7.11 Å². The molecule has 0 bridgehead atoms. The van der Waals surface area contributed by atoms with Gasteiger partial charge in [-0.05, 0) is 30.7 Å². The summed E-state index contributed by atoms with van der Waals surface area (Å²) in [7, 11) is 1.65. The van der Waals surface area contributed by atoms with Gasteiger partial charge in [0.25, 0.3) is 0 Å². The Labute approximate surface area is 148 Å². The minimum Gasteiger partial charge on any atom is -0.496 e. The van der Waals surface area contributed by atoms with Gasteiger partial charge in [0, 0.05) is 22.4 Å². The van der Waals surface area contributed by atoms with E-state index >= 15 is 0 Å². The van der Waals surface area contributed by atoms with Crippen molar-refractivity contribution in [1.82, 2.24) is 15.2 Å². The molecule has 0 saturated carbocycles. The zero-order valence-electron chi connectivity index (χ0n) is 13.6. The average molecular weight is 349 g/mol. The van der Waals surface area contributed by atoms with Gasteiger partial charge in [0.2, 0.25) is 0 Å². The minimum absolute atomic E-state index is 0.410. The number of halogens is 1. The molecule has 0 fully saturated rings. The third-order valence-electron chi connectivity index (χ3n) is 4.27. The number of hydrogen-bond acceptors (Lipinski definition) is 4. The predicted molar refractivity (Wildman–Crippen MR) is 97.8 cm³/mol. The molecule has 4 aromatic rings. The van der Waals surface area contributed by atoms with Crippen LogP contribution in [0.3, 0.4) is 0 Å². The molecular formula is C19H13ClN4O. The van der Waals surface area contributed by atoms with Crippen LogP contribution in [0.2, 0.25) is 5.02 Å². The van der Waals surface area contributed by atoms with Gasteiger partial charge in [0.1, 0.15) is 17.5 Å². The number of hydrogen-bond donors (Lipinski definition) is 1. The summed E-state index contributed by atoms with van der Waals surface area (Å²) < 4.78 is 5.39. The maximum Gasteiger partial charge on any atom is 0.123 e. The molecule has 6 heteroatoms. The van der Waals surface area contributed by atoms with Crippen molar-refractivity contribution >= 4 is 33.4 Å². The van der Waals surface area contributed by atoms with Gasteiger partial charge < -0.3 is 4.74 Å². The number of nitriles is 1. The summed E-state index contributed by atoms with van der Waals surface area (Å²) in [6, 6.07) is 11.4. The fourth-order valence-electron chi connectivity index (χ4n) is 3.02. The molecular weight excluding hydrogens is 336 g/mol. The second-order valence-electron chi connectivity index (χ2n) is 5.76. The van der Waals surface area contributed by atoms with E-state index in [0.717, 1.165) is 44.4 Å². The predicted octanol–water partition coefficient (Wildman–Crippen LogP) is 4.62. The Morgan fingerprint density at radius 1 is 1.24 bits per heavy atom. The summed E-state index contributed by atoms with van der Waals surface area (Å²) in [5.74, 6) is 0.797. The number of aromatic amines is 1. The Morgan fingerprint density at radius 3 is 2.80 bits per heavy atom. The van der Waals surface area contributed by atoms with Crippen LogP contribution in [-0.4, -0.2) is 22.3 Å². The maximum atomic E-state index is 9.06. The molecule has 2 aromatic carbocycles. The van der Waals surface area contributed by atoms with Gasteiger partial charge in [0.15, 0.2) is 0 Å². The Kier molecular flexibility index (Phi) is 3.56. The normalized spacial score (nSPS) is 11.0. The number of aromatic nitrogens is 3. The van der Waals surface area contributed by atoms with Crippen LogP contribution in [0.1, 0.15) is 11.1 Å². The van der Waals surface area contributed by atoms with Crippen LogP contribution in [0, 0.1) is 18.3 Å². The number of nitrogens with zero attached hydrogens (tertiary/aromatic N) is 3. The van der Waals surface area contributed by atoms with Gasteiger partial charge in [-0.25, -0.2) is 0 Å². The van der Waals surface area contributed by atoms with Crippen molar-refractivity contribution in [3.8, 4) is 23.1 Å². The average Bonchev–Trinajstić information content (AvgIpc) is 3.05. The third kappa shape index (κ3) is 2.39.